The van der Waals surface area contributed by atoms with Crippen molar-refractivity contribution >= 4 is 44.1 Å². The second kappa shape index (κ2) is 21.1. The average Bonchev–Trinajstić information content (AvgIpc) is 4.24. The molecule has 16 heteroatoms. The van der Waals surface area contributed by atoms with Gasteiger partial charge in [0.15, 0.2) is 46.0 Å². The van der Waals surface area contributed by atoms with Crippen molar-refractivity contribution in [1.29, 1.82) is 0 Å². The molecule has 0 saturated carbocycles. The van der Waals surface area contributed by atoms with Gasteiger partial charge in [0.25, 0.3) is 0 Å². The Bertz CT molecular complexity index is 3180. The van der Waals surface area contributed by atoms with Crippen molar-refractivity contribution in [2.75, 3.05) is 28.4 Å². The van der Waals surface area contributed by atoms with Crippen LogP contribution in [0.15, 0.2) is 170 Å². The number of phenolic OH excluding ortho intramolecular Hbond substituents is 4. The number of hydrogen-bond acceptors (Lipinski definition) is 12. The number of methoxy groups -OCH3 is 4. The fourth-order valence-electron chi connectivity index (χ4n) is 7.83. The number of fused-ring (bicyclic) bond motifs is 4. The number of phenols is 4. The van der Waals surface area contributed by atoms with Gasteiger partial charge >= 0.3 is 0 Å². The molecule has 12 aromatic rings. The molecule has 72 heavy (non-hydrogen) atoms. The summed E-state index contributed by atoms with van der Waals surface area (Å²) in [6.07, 6.45) is 0. The van der Waals surface area contributed by atoms with Gasteiger partial charge in [0, 0.05) is 0 Å². The highest BCUT2D eigenvalue weighted by Gasteiger charge is 2.16. The molecular weight excluding hydrogens is 913 g/mol. The molecule has 12 rings (SSSR count). The lowest BCUT2D eigenvalue weighted by molar-refractivity contribution is 0.374. The van der Waals surface area contributed by atoms with Crippen LogP contribution in [0.2, 0.25) is 0 Å². The van der Waals surface area contributed by atoms with Crippen molar-refractivity contribution in [3.05, 3.63) is 170 Å². The number of imidazole rings is 4. The normalized spacial score (nSPS) is 10.7. The van der Waals surface area contributed by atoms with Crippen LogP contribution >= 0.6 is 0 Å². The third-order valence-electron chi connectivity index (χ3n) is 11.5. The predicted molar refractivity (Wildman–Crippen MR) is 279 cm³/mol. The molecule has 4 aromatic heterocycles. The Morgan fingerprint density at radius 2 is 0.486 bits per heavy atom. The van der Waals surface area contributed by atoms with Gasteiger partial charge in [-0.3, -0.25) is 0 Å². The number of H-pyrrole nitrogens is 4. The summed E-state index contributed by atoms with van der Waals surface area (Å²) in [6.45, 7) is 0. The lowest BCUT2D eigenvalue weighted by atomic mass is 10.2. The minimum Gasteiger partial charge on any atom is -0.504 e. The molecule has 0 saturated heterocycles. The Labute approximate surface area is 411 Å². The summed E-state index contributed by atoms with van der Waals surface area (Å²) in [4.78, 5) is 30.5. The van der Waals surface area contributed by atoms with E-state index >= 15 is 0 Å². The number of aromatic nitrogens is 8. The van der Waals surface area contributed by atoms with Crippen LogP contribution in [-0.4, -0.2) is 88.7 Å². The molecule has 0 fully saturated rings. The van der Waals surface area contributed by atoms with E-state index in [4.69, 9.17) is 18.9 Å². The van der Waals surface area contributed by atoms with E-state index in [2.05, 4.69) is 39.9 Å². The Balaban J connectivity index is 0.000000119. The van der Waals surface area contributed by atoms with Gasteiger partial charge in [0.1, 0.15) is 23.3 Å². The predicted octanol–water partition coefficient (Wildman–Crippen LogP) is 11.8. The first-order valence-electron chi connectivity index (χ1n) is 22.4. The van der Waals surface area contributed by atoms with Gasteiger partial charge < -0.3 is 59.3 Å². The Kier molecular flexibility index (Phi) is 13.8. The molecule has 16 nitrogen and oxygen atoms in total. The quantitative estimate of drug-likeness (QED) is 0.0711. The third-order valence-corrected chi connectivity index (χ3v) is 11.5. The number of ether oxygens (including phenoxy) is 4. The molecule has 0 aliphatic heterocycles. The van der Waals surface area contributed by atoms with Gasteiger partial charge in [-0.1, -0.05) is 72.8 Å². The maximum atomic E-state index is 10.1. The van der Waals surface area contributed by atoms with Crippen molar-refractivity contribution in [3.8, 4) is 91.5 Å². The highest BCUT2D eigenvalue weighted by molar-refractivity contribution is 5.84. The average molecular weight is 961 g/mol. The number of aromatic amines is 4. The van der Waals surface area contributed by atoms with Crippen LogP contribution in [0.4, 0.5) is 0 Å². The van der Waals surface area contributed by atoms with E-state index in [1.54, 1.807) is 48.5 Å². The smallest absolute Gasteiger partial charge is 0.168 e. The fraction of sp³-hybridized carbons (Fsp3) is 0.0714. The van der Waals surface area contributed by atoms with Gasteiger partial charge in [-0.2, -0.15) is 0 Å². The molecule has 8 N–H and O–H groups in total. The standard InChI is InChI=1S/4C14H12N2O2/c4*1-18-12-8-4-5-9(13(12)17)14-15-10-6-2-3-7-11(10)16-14/h4*2-8,17H,1H3,(H,15,16). The first-order chi connectivity index (χ1) is 35.2. The van der Waals surface area contributed by atoms with Gasteiger partial charge in [-0.25, -0.2) is 19.9 Å². The summed E-state index contributed by atoms with van der Waals surface area (Å²) in [5.41, 5.74) is 9.76. The molecule has 0 bridgehead atoms. The molecule has 0 unspecified atom stereocenters. The Morgan fingerprint density at radius 1 is 0.278 bits per heavy atom. The number of hydrogen-bond donors (Lipinski definition) is 8. The van der Waals surface area contributed by atoms with Gasteiger partial charge in [0.05, 0.1) is 94.8 Å². The summed E-state index contributed by atoms with van der Waals surface area (Å²) in [7, 11) is 6.10. The van der Waals surface area contributed by atoms with E-state index in [9.17, 15) is 20.4 Å². The van der Waals surface area contributed by atoms with Crippen molar-refractivity contribution in [2.45, 2.75) is 0 Å². The highest BCUT2D eigenvalue weighted by atomic mass is 16.5. The van der Waals surface area contributed by atoms with Gasteiger partial charge in [0.2, 0.25) is 0 Å². The molecule has 0 amide bonds. The Hall–Kier alpha value is -9.96. The monoisotopic (exact) mass is 960 g/mol. The van der Waals surface area contributed by atoms with Gasteiger partial charge in [-0.05, 0) is 97.1 Å². The van der Waals surface area contributed by atoms with Crippen molar-refractivity contribution in [1.82, 2.24) is 39.9 Å². The molecule has 8 aromatic carbocycles. The number of benzene rings is 8. The molecule has 0 radical (unpaired) electrons. The van der Waals surface area contributed by atoms with Crippen LogP contribution in [0.1, 0.15) is 0 Å². The summed E-state index contributed by atoms with van der Waals surface area (Å²) in [5.74, 6) is 4.67. The fourth-order valence-corrected chi connectivity index (χ4v) is 7.83. The molecular formula is C56H48N8O8. The SMILES string of the molecule is COc1cccc(-c2nc3ccccc3[nH]2)c1O.COc1cccc(-c2nc3ccccc3[nH]2)c1O.COc1cccc(-c2nc3ccccc3[nH]2)c1O.COc1cccc(-c2nc3ccccc3[nH]2)c1O. The number of rotatable bonds is 8. The molecule has 0 aliphatic carbocycles. The van der Waals surface area contributed by atoms with Crippen LogP contribution in [0.3, 0.4) is 0 Å². The first-order valence-corrected chi connectivity index (χ1v) is 22.4. The first kappa shape index (κ1) is 47.1. The molecule has 4 heterocycles. The number of para-hydroxylation sites is 12. The van der Waals surface area contributed by atoms with Crippen molar-refractivity contribution in [2.24, 2.45) is 0 Å². The van der Waals surface area contributed by atoms with Crippen LogP contribution in [0.25, 0.3) is 89.7 Å². The zero-order chi connectivity index (χ0) is 50.1. The Morgan fingerprint density at radius 3 is 0.681 bits per heavy atom. The third kappa shape index (κ3) is 9.81. The van der Waals surface area contributed by atoms with Crippen molar-refractivity contribution < 1.29 is 39.4 Å². The lowest BCUT2D eigenvalue weighted by Crippen LogP contribution is -1.87. The molecule has 0 atom stereocenters. The number of nitrogens with zero attached hydrogens (tertiary/aromatic N) is 4. The van der Waals surface area contributed by atoms with E-state index in [1.165, 1.54) is 28.4 Å². The summed E-state index contributed by atoms with van der Waals surface area (Å²) in [6, 6.07) is 52.3. The van der Waals surface area contributed by atoms with E-state index < -0.39 is 0 Å². The summed E-state index contributed by atoms with van der Waals surface area (Å²) in [5, 5.41) is 40.3. The maximum absolute atomic E-state index is 10.1. The maximum Gasteiger partial charge on any atom is 0.168 e. The van der Waals surface area contributed by atoms with Gasteiger partial charge in [-0.15, -0.1) is 0 Å². The second-order valence-electron chi connectivity index (χ2n) is 15.8. The minimum atomic E-state index is 0.0963. The zero-order valence-corrected chi connectivity index (χ0v) is 39.4. The number of aromatic hydroxyl groups is 4. The van der Waals surface area contributed by atoms with Crippen LogP contribution in [0, 0.1) is 0 Å². The molecule has 0 aliphatic rings. The largest absolute Gasteiger partial charge is 0.504 e. The van der Waals surface area contributed by atoms with E-state index in [0.29, 0.717) is 68.5 Å². The summed E-state index contributed by atoms with van der Waals surface area (Å²) < 4.78 is 20.4. The van der Waals surface area contributed by atoms with Crippen LogP contribution in [-0.2, 0) is 0 Å². The zero-order valence-electron chi connectivity index (χ0n) is 39.4. The minimum absolute atomic E-state index is 0.0963. The van der Waals surface area contributed by atoms with E-state index in [-0.39, 0.29) is 23.0 Å². The van der Waals surface area contributed by atoms with Crippen LogP contribution in [0.5, 0.6) is 46.0 Å². The number of nitrogens with one attached hydrogen (secondary N) is 4. The topological polar surface area (TPSA) is 233 Å². The van der Waals surface area contributed by atoms with E-state index in [0.717, 1.165) is 44.1 Å². The molecule has 0 spiro atoms. The second-order valence-corrected chi connectivity index (χ2v) is 15.8. The van der Waals surface area contributed by atoms with Crippen molar-refractivity contribution in [3.63, 3.8) is 0 Å². The van der Waals surface area contributed by atoms with Crippen LogP contribution < -0.4 is 18.9 Å². The molecule has 360 valence electrons. The highest BCUT2D eigenvalue weighted by Crippen LogP contribution is 2.39. The summed E-state index contributed by atoms with van der Waals surface area (Å²) >= 11 is 0. The lowest BCUT2D eigenvalue weighted by Gasteiger charge is -2.06. The van der Waals surface area contributed by atoms with E-state index in [1.807, 2.05) is 121 Å².